The minimum Gasteiger partial charge on any atom is -0.317 e. The third-order valence-corrected chi connectivity index (χ3v) is 3.76. The van der Waals surface area contributed by atoms with E-state index < -0.39 is 0 Å². The lowest BCUT2D eigenvalue weighted by Gasteiger charge is -2.16. The maximum atomic E-state index is 3.42. The Morgan fingerprint density at radius 2 is 1.65 bits per heavy atom. The van der Waals surface area contributed by atoms with Crippen LogP contribution in [0.2, 0.25) is 0 Å². The second-order valence-electron chi connectivity index (χ2n) is 5.18. The average Bonchev–Trinajstić information content (AvgIpc) is 2.30. The van der Waals surface area contributed by atoms with E-state index in [-0.39, 0.29) is 0 Å². The van der Waals surface area contributed by atoms with Crippen LogP contribution in [-0.4, -0.2) is 13.1 Å². The fraction of sp³-hybridized carbons (Fsp3) is 0.625. The number of rotatable bonds is 6. The van der Waals surface area contributed by atoms with Crippen molar-refractivity contribution in [3.8, 4) is 0 Å². The number of nitrogens with one attached hydrogen (secondary N) is 1. The predicted octanol–water partition coefficient (Wildman–Crippen LogP) is 3.93. The Balaban J connectivity index is 2.65. The van der Waals surface area contributed by atoms with E-state index in [1.807, 2.05) is 0 Å². The summed E-state index contributed by atoms with van der Waals surface area (Å²) in [5.41, 5.74) is 5.79. The molecular weight excluding hydrogens is 206 g/mol. The number of aryl methyl sites for hydroxylation is 4. The Morgan fingerprint density at radius 3 is 2.24 bits per heavy atom. The van der Waals surface area contributed by atoms with Crippen LogP contribution in [0.1, 0.15) is 48.4 Å². The van der Waals surface area contributed by atoms with Gasteiger partial charge in [-0.2, -0.15) is 0 Å². The summed E-state index contributed by atoms with van der Waals surface area (Å²) in [5, 5.41) is 3.42. The Bertz CT molecular complexity index is 355. The van der Waals surface area contributed by atoms with Gasteiger partial charge in [-0.25, -0.2) is 0 Å². The standard InChI is InChI=1S/C16H27N/c1-6-7-16(17-5)9-8-15-11-13(3)12(2)10-14(15)4/h10-11,16-17H,6-9H2,1-5H3. The van der Waals surface area contributed by atoms with Gasteiger partial charge in [0.25, 0.3) is 0 Å². The summed E-state index contributed by atoms with van der Waals surface area (Å²) >= 11 is 0. The Labute approximate surface area is 107 Å². The van der Waals surface area contributed by atoms with Crippen molar-refractivity contribution in [1.29, 1.82) is 0 Å². The predicted molar refractivity (Wildman–Crippen MR) is 76.7 cm³/mol. The largest absolute Gasteiger partial charge is 0.317 e. The highest BCUT2D eigenvalue weighted by Gasteiger charge is 2.07. The first-order chi connectivity index (χ1) is 8.08. The van der Waals surface area contributed by atoms with Crippen LogP contribution in [0.5, 0.6) is 0 Å². The second-order valence-corrected chi connectivity index (χ2v) is 5.18. The molecule has 0 bridgehead atoms. The smallest absolute Gasteiger partial charge is 0.00671 e. The summed E-state index contributed by atoms with van der Waals surface area (Å²) in [6.45, 7) is 8.89. The van der Waals surface area contributed by atoms with E-state index in [4.69, 9.17) is 0 Å². The zero-order valence-electron chi connectivity index (χ0n) is 12.1. The van der Waals surface area contributed by atoms with E-state index in [0.717, 1.165) is 0 Å². The molecule has 17 heavy (non-hydrogen) atoms. The van der Waals surface area contributed by atoms with Gasteiger partial charge in [-0.05, 0) is 69.3 Å². The summed E-state index contributed by atoms with van der Waals surface area (Å²) in [4.78, 5) is 0. The minimum absolute atomic E-state index is 0.668. The molecule has 0 heterocycles. The maximum Gasteiger partial charge on any atom is 0.00671 e. The highest BCUT2D eigenvalue weighted by molar-refractivity contribution is 5.36. The van der Waals surface area contributed by atoms with Gasteiger partial charge in [0.15, 0.2) is 0 Å². The van der Waals surface area contributed by atoms with Gasteiger partial charge >= 0.3 is 0 Å². The van der Waals surface area contributed by atoms with E-state index in [1.54, 1.807) is 0 Å². The summed E-state index contributed by atoms with van der Waals surface area (Å²) in [5.74, 6) is 0. The van der Waals surface area contributed by atoms with Crippen LogP contribution in [-0.2, 0) is 6.42 Å². The van der Waals surface area contributed by atoms with Crippen molar-refractivity contribution in [2.75, 3.05) is 7.05 Å². The van der Waals surface area contributed by atoms with Crippen molar-refractivity contribution in [2.24, 2.45) is 0 Å². The molecule has 0 aliphatic heterocycles. The third kappa shape index (κ3) is 4.16. The Kier molecular flexibility index (Phi) is 5.70. The van der Waals surface area contributed by atoms with Crippen LogP contribution in [0.4, 0.5) is 0 Å². The number of hydrogen-bond acceptors (Lipinski definition) is 1. The molecule has 1 heteroatoms. The van der Waals surface area contributed by atoms with Crippen molar-refractivity contribution in [2.45, 2.75) is 59.4 Å². The van der Waals surface area contributed by atoms with E-state index in [9.17, 15) is 0 Å². The molecule has 0 aromatic heterocycles. The molecule has 0 aliphatic rings. The van der Waals surface area contributed by atoms with Gasteiger partial charge in [0.1, 0.15) is 0 Å². The lowest BCUT2D eigenvalue weighted by Crippen LogP contribution is -2.25. The normalized spacial score (nSPS) is 12.8. The summed E-state index contributed by atoms with van der Waals surface area (Å²) in [7, 11) is 2.08. The Hall–Kier alpha value is -0.820. The topological polar surface area (TPSA) is 12.0 Å². The molecule has 1 aromatic carbocycles. The third-order valence-electron chi connectivity index (χ3n) is 3.76. The Morgan fingerprint density at radius 1 is 1.00 bits per heavy atom. The molecule has 0 saturated carbocycles. The SMILES string of the molecule is CCCC(CCc1cc(C)c(C)cc1C)NC. The van der Waals surface area contributed by atoms with E-state index >= 15 is 0 Å². The molecule has 0 fully saturated rings. The van der Waals surface area contributed by atoms with Gasteiger partial charge < -0.3 is 5.32 Å². The molecule has 0 amide bonds. The lowest BCUT2D eigenvalue weighted by atomic mass is 9.95. The molecule has 1 atom stereocenters. The first-order valence-electron chi connectivity index (χ1n) is 6.82. The van der Waals surface area contributed by atoms with E-state index in [0.29, 0.717) is 6.04 Å². The van der Waals surface area contributed by atoms with Crippen molar-refractivity contribution < 1.29 is 0 Å². The van der Waals surface area contributed by atoms with Crippen LogP contribution in [0.25, 0.3) is 0 Å². The van der Waals surface area contributed by atoms with Crippen molar-refractivity contribution in [3.63, 3.8) is 0 Å². The van der Waals surface area contributed by atoms with Gasteiger partial charge in [-0.3, -0.25) is 0 Å². The maximum absolute atomic E-state index is 3.42. The first-order valence-corrected chi connectivity index (χ1v) is 6.82. The van der Waals surface area contributed by atoms with Crippen LogP contribution >= 0.6 is 0 Å². The zero-order chi connectivity index (χ0) is 12.8. The molecule has 1 nitrogen and oxygen atoms in total. The van der Waals surface area contributed by atoms with Gasteiger partial charge in [0.05, 0.1) is 0 Å². The summed E-state index contributed by atoms with van der Waals surface area (Å²) < 4.78 is 0. The second kappa shape index (κ2) is 6.80. The summed E-state index contributed by atoms with van der Waals surface area (Å²) in [6, 6.07) is 5.35. The molecule has 1 rings (SSSR count). The van der Waals surface area contributed by atoms with Crippen LogP contribution < -0.4 is 5.32 Å². The zero-order valence-corrected chi connectivity index (χ0v) is 12.1. The van der Waals surface area contributed by atoms with Gasteiger partial charge in [0, 0.05) is 6.04 Å². The van der Waals surface area contributed by atoms with Crippen molar-refractivity contribution >= 4 is 0 Å². The number of benzene rings is 1. The minimum atomic E-state index is 0.668. The van der Waals surface area contributed by atoms with E-state index in [1.165, 1.54) is 47.9 Å². The molecule has 1 aromatic rings. The molecule has 1 N–H and O–H groups in total. The molecule has 0 spiro atoms. The quantitative estimate of drug-likeness (QED) is 0.785. The van der Waals surface area contributed by atoms with Crippen LogP contribution in [0.15, 0.2) is 12.1 Å². The molecule has 96 valence electrons. The van der Waals surface area contributed by atoms with Gasteiger partial charge in [0.2, 0.25) is 0 Å². The highest BCUT2D eigenvalue weighted by Crippen LogP contribution is 2.18. The van der Waals surface area contributed by atoms with Crippen LogP contribution in [0, 0.1) is 20.8 Å². The fourth-order valence-corrected chi connectivity index (χ4v) is 2.40. The molecule has 0 radical (unpaired) electrons. The van der Waals surface area contributed by atoms with Gasteiger partial charge in [-0.15, -0.1) is 0 Å². The molecule has 0 saturated heterocycles. The van der Waals surface area contributed by atoms with Crippen molar-refractivity contribution in [3.05, 3.63) is 34.4 Å². The number of hydrogen-bond donors (Lipinski definition) is 1. The molecule has 1 unspecified atom stereocenters. The average molecular weight is 233 g/mol. The molecular formula is C16H27N. The van der Waals surface area contributed by atoms with Crippen LogP contribution in [0.3, 0.4) is 0 Å². The lowest BCUT2D eigenvalue weighted by molar-refractivity contribution is 0.483. The first kappa shape index (κ1) is 14.2. The van der Waals surface area contributed by atoms with Gasteiger partial charge in [-0.1, -0.05) is 25.5 Å². The molecule has 0 aliphatic carbocycles. The highest BCUT2D eigenvalue weighted by atomic mass is 14.9. The van der Waals surface area contributed by atoms with E-state index in [2.05, 4.69) is 52.2 Å². The fourth-order valence-electron chi connectivity index (χ4n) is 2.40. The summed E-state index contributed by atoms with van der Waals surface area (Å²) in [6.07, 6.45) is 4.98. The monoisotopic (exact) mass is 233 g/mol. The van der Waals surface area contributed by atoms with Crippen molar-refractivity contribution in [1.82, 2.24) is 5.32 Å².